The van der Waals surface area contributed by atoms with Crippen molar-refractivity contribution >= 4 is 11.8 Å². The summed E-state index contributed by atoms with van der Waals surface area (Å²) in [5.74, 6) is 1.31. The molecule has 0 unspecified atom stereocenters. The maximum absolute atomic E-state index is 12.8. The number of aryl methyl sites for hydroxylation is 1. The van der Waals surface area contributed by atoms with Crippen molar-refractivity contribution < 1.29 is 4.39 Å². The number of aromatic nitrogens is 3. The van der Waals surface area contributed by atoms with Crippen molar-refractivity contribution in [2.75, 3.05) is 12.3 Å². The molecule has 0 saturated carbocycles. The fourth-order valence-corrected chi connectivity index (χ4v) is 2.65. The standard InChI is InChI=1S/C15H21FN4S/c1-12(2)9-17-10-14-11-20(19-18-14)7-8-21-15-5-3-13(16)4-6-15/h3-6,11-12,17H,7-10H2,1-2H3. The Morgan fingerprint density at radius 1 is 1.29 bits per heavy atom. The van der Waals surface area contributed by atoms with Crippen molar-refractivity contribution in [2.24, 2.45) is 5.92 Å². The van der Waals surface area contributed by atoms with Crippen LogP contribution in [0, 0.1) is 11.7 Å². The molecule has 0 spiro atoms. The topological polar surface area (TPSA) is 42.7 Å². The molecule has 0 saturated heterocycles. The van der Waals surface area contributed by atoms with Crippen LogP contribution in [0.2, 0.25) is 0 Å². The highest BCUT2D eigenvalue weighted by atomic mass is 32.2. The first-order valence-corrected chi connectivity index (χ1v) is 8.10. The van der Waals surface area contributed by atoms with Crippen LogP contribution < -0.4 is 5.32 Å². The first-order chi connectivity index (χ1) is 10.1. The van der Waals surface area contributed by atoms with E-state index in [1.54, 1.807) is 23.9 Å². The molecule has 4 nitrogen and oxygen atoms in total. The van der Waals surface area contributed by atoms with Gasteiger partial charge in [-0.15, -0.1) is 16.9 Å². The molecule has 2 aromatic rings. The molecule has 0 radical (unpaired) electrons. The van der Waals surface area contributed by atoms with Crippen LogP contribution in [0.5, 0.6) is 0 Å². The summed E-state index contributed by atoms with van der Waals surface area (Å²) in [7, 11) is 0. The van der Waals surface area contributed by atoms with Gasteiger partial charge in [0.15, 0.2) is 0 Å². The van der Waals surface area contributed by atoms with Gasteiger partial charge >= 0.3 is 0 Å². The van der Waals surface area contributed by atoms with Crippen molar-refractivity contribution in [1.82, 2.24) is 20.3 Å². The molecule has 0 fully saturated rings. The Hall–Kier alpha value is -1.40. The van der Waals surface area contributed by atoms with Crippen LogP contribution in [0.25, 0.3) is 0 Å². The third kappa shape index (κ3) is 5.85. The van der Waals surface area contributed by atoms with Gasteiger partial charge in [0.25, 0.3) is 0 Å². The number of halogens is 1. The minimum Gasteiger partial charge on any atom is -0.311 e. The number of benzene rings is 1. The zero-order chi connectivity index (χ0) is 15.1. The molecule has 0 aliphatic carbocycles. The Labute approximate surface area is 129 Å². The van der Waals surface area contributed by atoms with E-state index in [1.807, 2.05) is 10.9 Å². The average Bonchev–Trinajstić information content (AvgIpc) is 2.88. The summed E-state index contributed by atoms with van der Waals surface area (Å²) in [6.45, 7) is 6.88. The minimum atomic E-state index is -0.200. The van der Waals surface area contributed by atoms with E-state index < -0.39 is 0 Å². The highest BCUT2D eigenvalue weighted by molar-refractivity contribution is 7.99. The Morgan fingerprint density at radius 2 is 2.05 bits per heavy atom. The van der Waals surface area contributed by atoms with Crippen LogP contribution in [0.1, 0.15) is 19.5 Å². The van der Waals surface area contributed by atoms with Crippen molar-refractivity contribution in [1.29, 1.82) is 0 Å². The lowest BCUT2D eigenvalue weighted by Crippen LogP contribution is -2.19. The molecule has 1 N–H and O–H groups in total. The van der Waals surface area contributed by atoms with Crippen molar-refractivity contribution in [3.8, 4) is 0 Å². The average molecular weight is 308 g/mol. The van der Waals surface area contributed by atoms with Crippen molar-refractivity contribution in [3.05, 3.63) is 42.0 Å². The maximum Gasteiger partial charge on any atom is 0.123 e. The number of nitrogens with one attached hydrogen (secondary N) is 1. The second-order valence-corrected chi connectivity index (χ2v) is 6.47. The van der Waals surface area contributed by atoms with Crippen LogP contribution in [0.3, 0.4) is 0 Å². The summed E-state index contributed by atoms with van der Waals surface area (Å²) in [5, 5.41) is 11.6. The van der Waals surface area contributed by atoms with Crippen LogP contribution in [-0.2, 0) is 13.1 Å². The number of hydrogen-bond donors (Lipinski definition) is 1. The van der Waals surface area contributed by atoms with E-state index in [2.05, 4.69) is 29.5 Å². The molecular weight excluding hydrogens is 287 g/mol. The normalized spacial score (nSPS) is 11.2. The summed E-state index contributed by atoms with van der Waals surface area (Å²) in [5.41, 5.74) is 0.961. The first-order valence-electron chi connectivity index (χ1n) is 7.11. The number of hydrogen-bond acceptors (Lipinski definition) is 4. The van der Waals surface area contributed by atoms with E-state index in [0.717, 1.165) is 36.0 Å². The SMILES string of the molecule is CC(C)CNCc1cn(CCSc2ccc(F)cc2)nn1. The molecule has 114 valence electrons. The molecule has 0 amide bonds. The Kier molecular flexibility index (Phi) is 6.20. The minimum absolute atomic E-state index is 0.200. The quantitative estimate of drug-likeness (QED) is 0.761. The third-order valence-electron chi connectivity index (χ3n) is 2.85. The van der Waals surface area contributed by atoms with Gasteiger partial charge < -0.3 is 5.32 Å². The van der Waals surface area contributed by atoms with Gasteiger partial charge in [-0.05, 0) is 36.7 Å². The van der Waals surface area contributed by atoms with E-state index in [1.165, 1.54) is 12.1 Å². The number of rotatable bonds is 8. The van der Waals surface area contributed by atoms with E-state index in [-0.39, 0.29) is 5.82 Å². The molecule has 1 heterocycles. The molecule has 6 heteroatoms. The van der Waals surface area contributed by atoms with Crippen LogP contribution in [0.15, 0.2) is 35.4 Å². The molecule has 1 aromatic carbocycles. The summed E-state index contributed by atoms with van der Waals surface area (Å²) >= 11 is 1.68. The highest BCUT2D eigenvalue weighted by Crippen LogP contribution is 2.18. The third-order valence-corrected chi connectivity index (χ3v) is 3.84. The smallest absolute Gasteiger partial charge is 0.123 e. The highest BCUT2D eigenvalue weighted by Gasteiger charge is 2.02. The fraction of sp³-hybridized carbons (Fsp3) is 0.467. The zero-order valence-electron chi connectivity index (χ0n) is 12.4. The maximum atomic E-state index is 12.8. The van der Waals surface area contributed by atoms with Crippen LogP contribution in [0.4, 0.5) is 4.39 Å². The van der Waals surface area contributed by atoms with E-state index in [9.17, 15) is 4.39 Å². The molecule has 0 bridgehead atoms. The number of thioether (sulfide) groups is 1. The molecule has 21 heavy (non-hydrogen) atoms. The molecular formula is C15H21FN4S. The van der Waals surface area contributed by atoms with Gasteiger partial charge in [-0.25, -0.2) is 4.39 Å². The second-order valence-electron chi connectivity index (χ2n) is 5.30. The molecule has 1 aromatic heterocycles. The van der Waals surface area contributed by atoms with Gasteiger partial charge in [0, 0.05) is 23.4 Å². The van der Waals surface area contributed by atoms with Gasteiger partial charge in [0.05, 0.1) is 12.2 Å². The zero-order valence-corrected chi connectivity index (χ0v) is 13.2. The predicted octanol–water partition coefficient (Wildman–Crippen LogP) is 2.96. The van der Waals surface area contributed by atoms with Gasteiger partial charge in [-0.2, -0.15) is 0 Å². The van der Waals surface area contributed by atoms with Crippen LogP contribution >= 0.6 is 11.8 Å². The van der Waals surface area contributed by atoms with Gasteiger partial charge in [-0.3, -0.25) is 4.68 Å². The largest absolute Gasteiger partial charge is 0.311 e. The summed E-state index contributed by atoms with van der Waals surface area (Å²) in [4.78, 5) is 1.07. The van der Waals surface area contributed by atoms with E-state index >= 15 is 0 Å². The van der Waals surface area contributed by atoms with E-state index in [0.29, 0.717) is 5.92 Å². The van der Waals surface area contributed by atoms with Gasteiger partial charge in [0.2, 0.25) is 0 Å². The summed E-state index contributed by atoms with van der Waals surface area (Å²) in [6.07, 6.45) is 1.97. The lowest BCUT2D eigenvalue weighted by molar-refractivity contribution is 0.548. The lowest BCUT2D eigenvalue weighted by Gasteiger charge is -2.04. The Bertz CT molecular complexity index is 539. The van der Waals surface area contributed by atoms with Gasteiger partial charge in [-0.1, -0.05) is 19.1 Å². The second kappa shape index (κ2) is 8.14. The van der Waals surface area contributed by atoms with Gasteiger partial charge in [0.1, 0.15) is 5.82 Å². The molecule has 0 aliphatic heterocycles. The van der Waals surface area contributed by atoms with Crippen LogP contribution in [-0.4, -0.2) is 27.3 Å². The molecule has 0 atom stereocenters. The Balaban J connectivity index is 1.71. The van der Waals surface area contributed by atoms with Crippen molar-refractivity contribution in [2.45, 2.75) is 31.8 Å². The predicted molar refractivity (Wildman–Crippen MR) is 83.7 cm³/mol. The monoisotopic (exact) mass is 308 g/mol. The first kappa shape index (κ1) is 16.0. The number of nitrogens with zero attached hydrogens (tertiary/aromatic N) is 3. The fourth-order valence-electron chi connectivity index (χ4n) is 1.81. The molecule has 0 aliphatic rings. The van der Waals surface area contributed by atoms with E-state index in [4.69, 9.17) is 0 Å². The van der Waals surface area contributed by atoms with Crippen molar-refractivity contribution in [3.63, 3.8) is 0 Å². The Morgan fingerprint density at radius 3 is 2.76 bits per heavy atom. The summed E-state index contributed by atoms with van der Waals surface area (Å²) < 4.78 is 14.6. The molecule has 2 rings (SSSR count). The lowest BCUT2D eigenvalue weighted by atomic mass is 10.2. The summed E-state index contributed by atoms with van der Waals surface area (Å²) in [6, 6.07) is 6.55.